The van der Waals surface area contributed by atoms with E-state index in [9.17, 15) is 0 Å². The second-order valence-electron chi connectivity index (χ2n) is 1.95. The van der Waals surface area contributed by atoms with Gasteiger partial charge in [0.1, 0.15) is 0 Å². The highest BCUT2D eigenvalue weighted by Crippen LogP contribution is 2.26. The molecular weight excluding hydrogens is 140 g/mol. The van der Waals surface area contributed by atoms with Gasteiger partial charge < -0.3 is 0 Å². The van der Waals surface area contributed by atoms with Crippen molar-refractivity contribution in [1.29, 1.82) is 0 Å². The lowest BCUT2D eigenvalue weighted by molar-refractivity contribution is 1.46. The molecule has 0 nitrogen and oxygen atoms in total. The topological polar surface area (TPSA) is 0 Å². The average Bonchev–Trinajstić information content (AvgIpc) is 1.88. The van der Waals surface area contributed by atoms with Crippen LogP contribution >= 0.6 is 11.8 Å². The molecule has 0 unspecified atom stereocenters. The Morgan fingerprint density at radius 3 is 2.20 bits per heavy atom. The lowest BCUT2D eigenvalue weighted by Gasteiger charge is -2.01. The first-order valence-corrected chi connectivity index (χ1v) is 3.84. The molecule has 0 aliphatic heterocycles. The van der Waals surface area contributed by atoms with Gasteiger partial charge in [0.15, 0.2) is 0 Å². The van der Waals surface area contributed by atoms with Crippen molar-refractivity contribution in [3.63, 3.8) is 0 Å². The van der Waals surface area contributed by atoms with Crippen molar-refractivity contribution in [3.05, 3.63) is 49.4 Å². The molecule has 0 amide bonds. The van der Waals surface area contributed by atoms with E-state index in [1.54, 1.807) is 11.8 Å². The summed E-state index contributed by atoms with van der Waals surface area (Å²) in [6.45, 7) is 7.40. The second kappa shape index (κ2) is 3.67. The SMILES string of the molecule is [CH2][C]([CH2])Sc1ccccc1. The zero-order valence-corrected chi connectivity index (χ0v) is 6.53. The van der Waals surface area contributed by atoms with Crippen LogP contribution in [0.15, 0.2) is 35.2 Å². The van der Waals surface area contributed by atoms with Gasteiger partial charge in [-0.3, -0.25) is 0 Å². The summed E-state index contributed by atoms with van der Waals surface area (Å²) in [4.78, 5) is 1.20. The van der Waals surface area contributed by atoms with E-state index >= 15 is 0 Å². The first-order chi connectivity index (χ1) is 4.79. The molecule has 0 aliphatic carbocycles. The van der Waals surface area contributed by atoms with Crippen LogP contribution in [-0.4, -0.2) is 0 Å². The van der Waals surface area contributed by atoms with Gasteiger partial charge in [0, 0.05) is 10.1 Å². The van der Waals surface area contributed by atoms with Crippen molar-refractivity contribution in [2.75, 3.05) is 0 Å². The van der Waals surface area contributed by atoms with E-state index in [-0.39, 0.29) is 0 Å². The highest BCUT2D eigenvalue weighted by atomic mass is 32.2. The molecule has 1 heteroatoms. The lowest BCUT2D eigenvalue weighted by Crippen LogP contribution is -1.75. The number of benzene rings is 1. The normalized spacial score (nSPS) is 10.3. The fourth-order valence-corrected chi connectivity index (χ4v) is 1.28. The molecule has 0 saturated heterocycles. The third-order valence-electron chi connectivity index (χ3n) is 1.01. The van der Waals surface area contributed by atoms with Gasteiger partial charge in [-0.05, 0) is 26.0 Å². The molecule has 1 aromatic carbocycles. The molecule has 3 radical (unpaired) electrons. The number of rotatable bonds is 2. The summed E-state index contributed by atoms with van der Waals surface area (Å²) in [7, 11) is 0. The quantitative estimate of drug-likeness (QED) is 0.582. The van der Waals surface area contributed by atoms with E-state index < -0.39 is 0 Å². The molecule has 0 spiro atoms. The summed E-state index contributed by atoms with van der Waals surface area (Å²) >= 11 is 1.59. The summed E-state index contributed by atoms with van der Waals surface area (Å²) in [6, 6.07) is 10.1. The van der Waals surface area contributed by atoms with Crippen molar-refractivity contribution in [1.82, 2.24) is 0 Å². The number of thioether (sulfide) groups is 1. The Balaban J connectivity index is 2.59. The van der Waals surface area contributed by atoms with Gasteiger partial charge in [-0.2, -0.15) is 0 Å². The molecule has 0 aromatic heterocycles. The van der Waals surface area contributed by atoms with Gasteiger partial charge >= 0.3 is 0 Å². The number of hydrogen-bond acceptors (Lipinski definition) is 1. The van der Waals surface area contributed by atoms with Crippen LogP contribution in [0.4, 0.5) is 0 Å². The van der Waals surface area contributed by atoms with Crippen molar-refractivity contribution in [3.8, 4) is 0 Å². The van der Waals surface area contributed by atoms with Gasteiger partial charge in [0.05, 0.1) is 0 Å². The molecule has 0 saturated carbocycles. The van der Waals surface area contributed by atoms with Gasteiger partial charge in [0.2, 0.25) is 0 Å². The largest absolute Gasteiger partial charge is 0.118 e. The van der Waals surface area contributed by atoms with E-state index in [0.29, 0.717) is 0 Å². The van der Waals surface area contributed by atoms with Crippen molar-refractivity contribution >= 4 is 11.8 Å². The zero-order valence-electron chi connectivity index (χ0n) is 5.71. The first-order valence-electron chi connectivity index (χ1n) is 3.03. The molecule has 0 bridgehead atoms. The summed E-state index contributed by atoms with van der Waals surface area (Å²) in [5, 5.41) is 0.881. The Bertz CT molecular complexity index is 179. The zero-order chi connectivity index (χ0) is 7.40. The molecule has 10 heavy (non-hydrogen) atoms. The Morgan fingerprint density at radius 1 is 1.10 bits per heavy atom. The highest BCUT2D eigenvalue weighted by molar-refractivity contribution is 8.02. The van der Waals surface area contributed by atoms with Crippen LogP contribution in [-0.2, 0) is 0 Å². The maximum atomic E-state index is 3.70. The second-order valence-corrected chi connectivity index (χ2v) is 3.21. The molecule has 0 N–H and O–H groups in total. The van der Waals surface area contributed by atoms with E-state index in [1.807, 2.05) is 30.3 Å². The van der Waals surface area contributed by atoms with Crippen molar-refractivity contribution in [2.24, 2.45) is 0 Å². The van der Waals surface area contributed by atoms with Crippen LogP contribution in [0.5, 0.6) is 0 Å². The standard InChI is InChI=1S/C9H9S/c1-8(2)10-9-6-4-3-5-7-9/h3-7H,1-2H2. The van der Waals surface area contributed by atoms with Crippen LogP contribution in [0.25, 0.3) is 0 Å². The van der Waals surface area contributed by atoms with E-state index in [2.05, 4.69) is 13.8 Å². The van der Waals surface area contributed by atoms with Gasteiger partial charge in [-0.15, -0.1) is 11.8 Å². The summed E-state index contributed by atoms with van der Waals surface area (Å²) in [5.74, 6) is 0. The smallest absolute Gasteiger partial charge is 0.0358 e. The minimum Gasteiger partial charge on any atom is -0.118 e. The van der Waals surface area contributed by atoms with Crippen molar-refractivity contribution in [2.45, 2.75) is 4.90 Å². The summed E-state index contributed by atoms with van der Waals surface area (Å²) < 4.78 is 0. The van der Waals surface area contributed by atoms with Crippen LogP contribution in [0.3, 0.4) is 0 Å². The Labute approximate surface area is 66.6 Å². The van der Waals surface area contributed by atoms with Crippen LogP contribution in [0.2, 0.25) is 0 Å². The summed E-state index contributed by atoms with van der Waals surface area (Å²) in [6.07, 6.45) is 0. The fraction of sp³-hybridized carbons (Fsp3) is 0. The number of hydrogen-bond donors (Lipinski definition) is 0. The van der Waals surface area contributed by atoms with E-state index in [4.69, 9.17) is 0 Å². The van der Waals surface area contributed by atoms with E-state index in [1.165, 1.54) is 4.90 Å². The Morgan fingerprint density at radius 2 is 1.70 bits per heavy atom. The minimum absolute atomic E-state index is 0.881. The third-order valence-corrected chi connectivity index (χ3v) is 1.80. The summed E-state index contributed by atoms with van der Waals surface area (Å²) in [5.41, 5.74) is 0. The molecule has 0 atom stereocenters. The van der Waals surface area contributed by atoms with Gasteiger partial charge in [-0.25, -0.2) is 0 Å². The monoisotopic (exact) mass is 149 g/mol. The molecule has 0 fully saturated rings. The van der Waals surface area contributed by atoms with Crippen molar-refractivity contribution < 1.29 is 0 Å². The maximum Gasteiger partial charge on any atom is 0.0358 e. The third kappa shape index (κ3) is 2.44. The fourth-order valence-electron chi connectivity index (χ4n) is 0.655. The molecule has 0 aliphatic rings. The molecule has 0 heterocycles. The maximum absolute atomic E-state index is 3.70. The molecule has 1 aromatic rings. The van der Waals surface area contributed by atoms with Crippen LogP contribution < -0.4 is 0 Å². The molecule has 1 rings (SSSR count). The Hall–Kier alpha value is -0.430. The predicted molar refractivity (Wildman–Crippen MR) is 46.3 cm³/mol. The van der Waals surface area contributed by atoms with Gasteiger partial charge in [0.25, 0.3) is 0 Å². The lowest BCUT2D eigenvalue weighted by atomic mass is 10.4. The molecule has 51 valence electrons. The minimum atomic E-state index is 0.881. The Kier molecular flexibility index (Phi) is 2.82. The predicted octanol–water partition coefficient (Wildman–Crippen LogP) is 2.98. The van der Waals surface area contributed by atoms with Gasteiger partial charge in [-0.1, -0.05) is 18.2 Å². The molecular formula is C9H9S. The van der Waals surface area contributed by atoms with Crippen LogP contribution in [0, 0.1) is 19.1 Å². The van der Waals surface area contributed by atoms with Crippen LogP contribution in [0.1, 0.15) is 0 Å². The van der Waals surface area contributed by atoms with E-state index in [0.717, 1.165) is 5.25 Å². The first kappa shape index (κ1) is 7.67. The highest BCUT2D eigenvalue weighted by Gasteiger charge is 1.95. The average molecular weight is 149 g/mol.